The summed E-state index contributed by atoms with van der Waals surface area (Å²) < 4.78 is 39.8. The zero-order valence-corrected chi connectivity index (χ0v) is 12.0. The molecule has 1 aromatic heterocycles. The van der Waals surface area contributed by atoms with Crippen LogP contribution in [0.25, 0.3) is 0 Å². The normalized spacial score (nSPS) is 19.8. The molecule has 5 nitrogen and oxygen atoms in total. The van der Waals surface area contributed by atoms with Crippen LogP contribution >= 0.6 is 0 Å². The molecule has 21 heavy (non-hydrogen) atoms. The summed E-state index contributed by atoms with van der Waals surface area (Å²) in [4.78, 5) is 8.11. The summed E-state index contributed by atoms with van der Waals surface area (Å²) in [6.45, 7) is 0.439. The van der Waals surface area contributed by atoms with Crippen molar-refractivity contribution in [1.82, 2.24) is 14.3 Å². The number of hydrogen-bond donors (Lipinski definition) is 0. The highest BCUT2D eigenvalue weighted by atomic mass is 32.2. The Morgan fingerprint density at radius 2 is 1.95 bits per heavy atom. The molecule has 0 aliphatic carbocycles. The number of rotatable bonds is 3. The second-order valence-electron chi connectivity index (χ2n) is 4.86. The number of hydrogen-bond acceptors (Lipinski definition) is 4. The first-order valence-electron chi connectivity index (χ1n) is 6.62. The number of benzene rings is 1. The van der Waals surface area contributed by atoms with Crippen molar-refractivity contribution in [1.29, 1.82) is 0 Å². The molecule has 0 saturated carbocycles. The quantitative estimate of drug-likeness (QED) is 0.871. The predicted octanol–water partition coefficient (Wildman–Crippen LogP) is 2.14. The van der Waals surface area contributed by atoms with Gasteiger partial charge in [-0.1, -0.05) is 0 Å². The van der Waals surface area contributed by atoms with Crippen molar-refractivity contribution >= 4 is 10.0 Å². The van der Waals surface area contributed by atoms with Crippen molar-refractivity contribution in [2.24, 2.45) is 0 Å². The molecular formula is C14H14FN3O2S. The van der Waals surface area contributed by atoms with Crippen molar-refractivity contribution in [2.45, 2.75) is 23.8 Å². The first kappa shape index (κ1) is 14.1. The maximum atomic E-state index is 13.0. The lowest BCUT2D eigenvalue weighted by Gasteiger charge is -2.23. The van der Waals surface area contributed by atoms with E-state index in [1.165, 1.54) is 22.8 Å². The van der Waals surface area contributed by atoms with E-state index in [9.17, 15) is 12.8 Å². The third-order valence-electron chi connectivity index (χ3n) is 3.57. The lowest BCUT2D eigenvalue weighted by molar-refractivity contribution is 0.390. The van der Waals surface area contributed by atoms with E-state index in [-0.39, 0.29) is 10.9 Å². The van der Waals surface area contributed by atoms with E-state index in [1.54, 1.807) is 12.3 Å². The maximum Gasteiger partial charge on any atom is 0.243 e. The van der Waals surface area contributed by atoms with E-state index < -0.39 is 15.8 Å². The van der Waals surface area contributed by atoms with Gasteiger partial charge in [-0.05, 0) is 43.2 Å². The third-order valence-corrected chi connectivity index (χ3v) is 5.49. The second-order valence-corrected chi connectivity index (χ2v) is 6.75. The molecule has 2 heterocycles. The van der Waals surface area contributed by atoms with Gasteiger partial charge in [-0.25, -0.2) is 22.8 Å². The Morgan fingerprint density at radius 1 is 1.19 bits per heavy atom. The van der Waals surface area contributed by atoms with Crippen LogP contribution in [0.1, 0.15) is 24.6 Å². The summed E-state index contributed by atoms with van der Waals surface area (Å²) in [5.41, 5.74) is 0.688. The van der Waals surface area contributed by atoms with Gasteiger partial charge in [0.25, 0.3) is 0 Å². The van der Waals surface area contributed by atoms with E-state index in [0.717, 1.165) is 25.0 Å². The van der Waals surface area contributed by atoms with Gasteiger partial charge in [0, 0.05) is 12.7 Å². The van der Waals surface area contributed by atoms with Crippen LogP contribution in [-0.2, 0) is 10.0 Å². The Labute approximate surface area is 122 Å². The van der Waals surface area contributed by atoms with Crippen molar-refractivity contribution in [3.63, 3.8) is 0 Å². The second kappa shape index (κ2) is 5.50. The van der Waals surface area contributed by atoms with Crippen LogP contribution in [0, 0.1) is 5.82 Å². The molecule has 110 valence electrons. The van der Waals surface area contributed by atoms with Crippen LogP contribution in [0.3, 0.4) is 0 Å². The number of aromatic nitrogens is 2. The van der Waals surface area contributed by atoms with Crippen LogP contribution in [-0.4, -0.2) is 29.2 Å². The summed E-state index contributed by atoms with van der Waals surface area (Å²) in [6.07, 6.45) is 4.51. The number of sulfonamides is 1. The average molecular weight is 307 g/mol. The van der Waals surface area contributed by atoms with Crippen molar-refractivity contribution in [3.05, 3.63) is 54.4 Å². The zero-order chi connectivity index (χ0) is 14.9. The molecule has 7 heteroatoms. The summed E-state index contributed by atoms with van der Waals surface area (Å²) >= 11 is 0. The summed E-state index contributed by atoms with van der Waals surface area (Å²) in [7, 11) is -3.65. The van der Waals surface area contributed by atoms with Crippen LogP contribution in [0.2, 0.25) is 0 Å². The first-order valence-corrected chi connectivity index (χ1v) is 8.06. The van der Waals surface area contributed by atoms with Crippen molar-refractivity contribution in [3.8, 4) is 0 Å². The molecule has 1 fully saturated rings. The molecule has 1 atom stereocenters. The van der Waals surface area contributed by atoms with Crippen molar-refractivity contribution in [2.75, 3.05) is 6.54 Å². The van der Waals surface area contributed by atoms with E-state index >= 15 is 0 Å². The minimum atomic E-state index is -3.65. The molecule has 1 aromatic carbocycles. The summed E-state index contributed by atoms with van der Waals surface area (Å²) in [5.74, 6) is -0.456. The summed E-state index contributed by atoms with van der Waals surface area (Å²) in [6, 6.07) is 6.33. The highest BCUT2D eigenvalue weighted by Gasteiger charge is 2.36. The fourth-order valence-corrected chi connectivity index (χ4v) is 4.23. The van der Waals surface area contributed by atoms with Gasteiger partial charge in [0.1, 0.15) is 12.1 Å². The van der Waals surface area contributed by atoms with E-state index in [4.69, 9.17) is 0 Å². The molecule has 1 aliphatic heterocycles. The maximum absolute atomic E-state index is 13.0. The predicted molar refractivity (Wildman–Crippen MR) is 74.3 cm³/mol. The highest BCUT2D eigenvalue weighted by molar-refractivity contribution is 7.89. The van der Waals surface area contributed by atoms with Crippen LogP contribution < -0.4 is 0 Å². The molecule has 0 unspecified atom stereocenters. The standard InChI is InChI=1S/C14H14FN3O2S/c15-11-3-5-12(6-4-11)21(19,20)18-9-1-2-14(18)13-7-8-16-10-17-13/h3-8,10,14H,1-2,9H2/t14-/m1/s1. The smallest absolute Gasteiger partial charge is 0.243 e. The summed E-state index contributed by atoms with van der Waals surface area (Å²) in [5, 5.41) is 0. The van der Waals surface area contributed by atoms with Gasteiger partial charge in [0.05, 0.1) is 16.6 Å². The Kier molecular flexibility index (Phi) is 3.69. The van der Waals surface area contributed by atoms with E-state index in [0.29, 0.717) is 12.2 Å². The van der Waals surface area contributed by atoms with Gasteiger partial charge in [0.2, 0.25) is 10.0 Å². The topological polar surface area (TPSA) is 63.2 Å². The van der Waals surface area contributed by atoms with Gasteiger partial charge in [0.15, 0.2) is 0 Å². The minimum Gasteiger partial charge on any atom is -0.245 e. The lowest BCUT2D eigenvalue weighted by atomic mass is 10.1. The zero-order valence-electron chi connectivity index (χ0n) is 11.2. The van der Waals surface area contributed by atoms with E-state index in [1.807, 2.05) is 0 Å². The Morgan fingerprint density at radius 3 is 2.62 bits per heavy atom. The number of nitrogens with zero attached hydrogens (tertiary/aromatic N) is 3. The molecule has 3 rings (SSSR count). The van der Waals surface area contributed by atoms with Gasteiger partial charge in [-0.2, -0.15) is 4.31 Å². The Hall–Kier alpha value is -1.86. The average Bonchev–Trinajstić information content (AvgIpc) is 2.99. The third kappa shape index (κ3) is 2.66. The Balaban J connectivity index is 1.96. The number of halogens is 1. The van der Waals surface area contributed by atoms with Crippen LogP contribution in [0.15, 0.2) is 47.8 Å². The molecule has 2 aromatic rings. The Bertz CT molecular complexity index is 720. The van der Waals surface area contributed by atoms with E-state index in [2.05, 4.69) is 9.97 Å². The molecule has 0 spiro atoms. The monoisotopic (exact) mass is 307 g/mol. The molecule has 0 radical (unpaired) electrons. The van der Waals surface area contributed by atoms with Crippen molar-refractivity contribution < 1.29 is 12.8 Å². The molecule has 0 N–H and O–H groups in total. The molecule has 0 bridgehead atoms. The first-order chi connectivity index (χ1) is 10.1. The van der Waals surface area contributed by atoms with Gasteiger partial charge >= 0.3 is 0 Å². The van der Waals surface area contributed by atoms with Crippen LogP contribution in [0.5, 0.6) is 0 Å². The SMILES string of the molecule is O=S(=O)(c1ccc(F)cc1)N1CCC[C@@H]1c1ccncn1. The highest BCUT2D eigenvalue weighted by Crippen LogP contribution is 2.35. The van der Waals surface area contributed by atoms with Gasteiger partial charge < -0.3 is 0 Å². The molecule has 1 saturated heterocycles. The minimum absolute atomic E-state index is 0.102. The molecule has 1 aliphatic rings. The van der Waals surface area contributed by atoms with Gasteiger partial charge in [-0.3, -0.25) is 0 Å². The van der Waals surface area contributed by atoms with Gasteiger partial charge in [-0.15, -0.1) is 0 Å². The largest absolute Gasteiger partial charge is 0.245 e. The lowest BCUT2D eigenvalue weighted by Crippen LogP contribution is -2.31. The molecule has 0 amide bonds. The fourth-order valence-electron chi connectivity index (χ4n) is 2.56. The fraction of sp³-hybridized carbons (Fsp3) is 0.286. The molecular weight excluding hydrogens is 293 g/mol. The van der Waals surface area contributed by atoms with Crippen LogP contribution in [0.4, 0.5) is 4.39 Å².